The zero-order valence-corrected chi connectivity index (χ0v) is 17.5. The average molecular weight is 378 g/mol. The van der Waals surface area contributed by atoms with E-state index in [4.69, 9.17) is 10.5 Å². The van der Waals surface area contributed by atoms with Crippen molar-refractivity contribution in [2.45, 2.75) is 83.8 Å². The molecule has 27 heavy (non-hydrogen) atoms. The van der Waals surface area contributed by atoms with E-state index in [-0.39, 0.29) is 11.6 Å². The monoisotopic (exact) mass is 377 g/mol. The zero-order chi connectivity index (χ0) is 19.7. The van der Waals surface area contributed by atoms with Crippen LogP contribution < -0.4 is 21.4 Å². The summed E-state index contributed by atoms with van der Waals surface area (Å²) in [6.45, 7) is 10.6. The van der Waals surface area contributed by atoms with Gasteiger partial charge >= 0.3 is 6.09 Å². The fourth-order valence-electron chi connectivity index (χ4n) is 4.79. The van der Waals surface area contributed by atoms with Gasteiger partial charge in [-0.15, -0.1) is 0 Å². The molecule has 1 heterocycles. The first-order valence-corrected chi connectivity index (χ1v) is 10.4. The lowest BCUT2D eigenvalue weighted by Gasteiger charge is -2.52. The summed E-state index contributed by atoms with van der Waals surface area (Å²) in [4.78, 5) is 16.0. The van der Waals surface area contributed by atoms with Crippen LogP contribution in [-0.2, 0) is 4.74 Å². The molecule has 6 nitrogen and oxygen atoms in total. The fourth-order valence-corrected chi connectivity index (χ4v) is 4.79. The Morgan fingerprint density at radius 1 is 1.22 bits per heavy atom. The highest BCUT2D eigenvalue weighted by atomic mass is 16.6. The minimum atomic E-state index is -0.448. The van der Waals surface area contributed by atoms with Gasteiger partial charge in [-0.2, -0.15) is 0 Å². The number of carbonyl (C=O) groups is 1. The number of piperidine rings is 1. The normalized spacial score (nSPS) is 34.4. The predicted octanol–water partition coefficient (Wildman–Crippen LogP) is 1.35. The minimum Gasteiger partial charge on any atom is -0.444 e. The van der Waals surface area contributed by atoms with Gasteiger partial charge in [0.15, 0.2) is 5.71 Å². The molecule has 2 bridgehead atoms. The molecule has 5 N–H and O–H groups in total. The molecule has 3 aliphatic carbocycles. The second-order valence-corrected chi connectivity index (χ2v) is 9.83. The molecule has 1 amide bonds. The number of nitrogens with two attached hydrogens (primary N) is 1. The van der Waals surface area contributed by atoms with Gasteiger partial charge in [-0.1, -0.05) is 0 Å². The van der Waals surface area contributed by atoms with Crippen LogP contribution in [-0.4, -0.2) is 42.6 Å². The highest BCUT2D eigenvalue weighted by Crippen LogP contribution is 2.51. The van der Waals surface area contributed by atoms with E-state index >= 15 is 0 Å². The number of hydrogen-bond acceptors (Lipinski definition) is 4. The van der Waals surface area contributed by atoms with E-state index in [0.29, 0.717) is 5.41 Å². The van der Waals surface area contributed by atoms with Crippen molar-refractivity contribution in [1.29, 1.82) is 0 Å². The lowest BCUT2D eigenvalue weighted by Crippen LogP contribution is -2.79. The van der Waals surface area contributed by atoms with Crippen molar-refractivity contribution in [1.82, 2.24) is 10.6 Å². The molecule has 0 aromatic rings. The van der Waals surface area contributed by atoms with Crippen molar-refractivity contribution in [2.75, 3.05) is 19.6 Å². The van der Waals surface area contributed by atoms with Crippen molar-refractivity contribution >= 4 is 11.8 Å². The molecule has 3 saturated carbocycles. The molecular formula is C21H37N4O2+. The van der Waals surface area contributed by atoms with E-state index in [1.807, 2.05) is 27.7 Å². The standard InChI is InChI=1S/C21H36N4O2/c1-15(22)16-13-23-12-5-17(16)24-14-20-6-9-21(10-7-20,11-8-20)25-18(26)27-19(2,3)4/h23H,5-14,22H2,1-4H3,(H,25,26)/p+1. The van der Waals surface area contributed by atoms with E-state index in [0.717, 1.165) is 70.3 Å². The maximum Gasteiger partial charge on any atom is 0.408 e. The number of nitrogens with one attached hydrogen (secondary N) is 3. The Balaban J connectivity index is 1.60. The maximum atomic E-state index is 12.2. The Kier molecular flexibility index (Phi) is 5.57. The molecular weight excluding hydrogens is 340 g/mol. The SMILES string of the molecule is CC(N)=C1CNCCC1=[NH+]CC12CCC(NC(=O)OC(C)(C)C)(CC1)CC2. The Morgan fingerprint density at radius 2 is 1.85 bits per heavy atom. The minimum absolute atomic E-state index is 0.0646. The number of fused-ring (bicyclic) bond motifs is 3. The van der Waals surface area contributed by atoms with Crippen LogP contribution in [0.15, 0.2) is 11.3 Å². The number of allylic oxidation sites excluding steroid dienone is 1. The molecule has 152 valence electrons. The third kappa shape index (κ3) is 4.84. The van der Waals surface area contributed by atoms with E-state index in [1.54, 1.807) is 0 Å². The summed E-state index contributed by atoms with van der Waals surface area (Å²) < 4.78 is 5.48. The predicted molar refractivity (Wildman–Crippen MR) is 107 cm³/mol. The topological polar surface area (TPSA) is 90.4 Å². The quantitative estimate of drug-likeness (QED) is 0.598. The van der Waals surface area contributed by atoms with Gasteiger partial charge in [-0.05, 0) is 66.2 Å². The van der Waals surface area contributed by atoms with E-state index in [2.05, 4.69) is 15.6 Å². The van der Waals surface area contributed by atoms with E-state index in [1.165, 1.54) is 11.3 Å². The van der Waals surface area contributed by atoms with Crippen molar-refractivity contribution < 1.29 is 14.5 Å². The second kappa shape index (κ2) is 7.46. The molecule has 0 unspecified atom stereocenters. The Bertz CT molecular complexity index is 617. The van der Waals surface area contributed by atoms with Crippen LogP contribution in [0.3, 0.4) is 0 Å². The Hall–Kier alpha value is -1.56. The van der Waals surface area contributed by atoms with Gasteiger partial charge in [-0.3, -0.25) is 0 Å². The molecule has 4 aliphatic rings. The summed E-state index contributed by atoms with van der Waals surface area (Å²) in [6.07, 6.45) is 7.35. The zero-order valence-electron chi connectivity index (χ0n) is 17.5. The third-order valence-electron chi connectivity index (χ3n) is 6.54. The van der Waals surface area contributed by atoms with Crippen LogP contribution in [0, 0.1) is 5.41 Å². The third-order valence-corrected chi connectivity index (χ3v) is 6.54. The van der Waals surface area contributed by atoms with Crippen LogP contribution in [0.2, 0.25) is 0 Å². The molecule has 0 spiro atoms. The van der Waals surface area contributed by atoms with Gasteiger partial charge in [0.2, 0.25) is 0 Å². The molecule has 1 saturated heterocycles. The Morgan fingerprint density at radius 3 is 2.41 bits per heavy atom. The number of carbonyl (C=O) groups excluding carboxylic acids is 1. The Labute approximate surface area is 163 Å². The van der Waals surface area contributed by atoms with Crippen molar-refractivity contribution in [3.05, 3.63) is 11.3 Å². The highest BCUT2D eigenvalue weighted by molar-refractivity contribution is 5.97. The summed E-state index contributed by atoms with van der Waals surface area (Å²) in [5.74, 6) is 0. The second-order valence-electron chi connectivity index (χ2n) is 9.83. The van der Waals surface area contributed by atoms with Crippen LogP contribution >= 0.6 is 0 Å². The first kappa shape index (κ1) is 20.2. The lowest BCUT2D eigenvalue weighted by molar-refractivity contribution is -0.481. The maximum absolute atomic E-state index is 12.2. The van der Waals surface area contributed by atoms with Crippen LogP contribution in [0.1, 0.15) is 72.6 Å². The summed E-state index contributed by atoms with van der Waals surface area (Å²) >= 11 is 0. The fraction of sp³-hybridized carbons (Fsp3) is 0.810. The molecule has 6 heteroatoms. The smallest absolute Gasteiger partial charge is 0.408 e. The first-order chi connectivity index (χ1) is 12.6. The van der Waals surface area contributed by atoms with Gasteiger partial charge in [-0.25, -0.2) is 9.79 Å². The summed E-state index contributed by atoms with van der Waals surface area (Å²) in [7, 11) is 0. The van der Waals surface area contributed by atoms with Crippen molar-refractivity contribution in [3.63, 3.8) is 0 Å². The molecule has 0 aromatic carbocycles. The molecule has 0 aromatic heterocycles. The molecule has 4 rings (SSSR count). The molecule has 4 fully saturated rings. The lowest BCUT2D eigenvalue weighted by atomic mass is 9.57. The van der Waals surface area contributed by atoms with E-state index < -0.39 is 5.60 Å². The van der Waals surface area contributed by atoms with Crippen molar-refractivity contribution in [3.8, 4) is 0 Å². The summed E-state index contributed by atoms with van der Waals surface area (Å²) in [6, 6.07) is 0. The van der Waals surface area contributed by atoms with Gasteiger partial charge in [0.05, 0.1) is 5.57 Å². The number of amides is 1. The molecule has 1 aliphatic heterocycles. The molecule has 0 atom stereocenters. The first-order valence-electron chi connectivity index (χ1n) is 10.4. The van der Waals surface area contributed by atoms with E-state index in [9.17, 15) is 4.79 Å². The number of ether oxygens (including phenoxy) is 1. The average Bonchev–Trinajstić information content (AvgIpc) is 2.60. The van der Waals surface area contributed by atoms with Crippen molar-refractivity contribution in [2.24, 2.45) is 11.1 Å². The number of rotatable bonds is 3. The van der Waals surface area contributed by atoms with Gasteiger partial charge < -0.3 is 21.1 Å². The number of alkyl carbamates (subject to hydrolysis) is 1. The summed E-state index contributed by atoms with van der Waals surface area (Å²) in [5, 5.41) is 6.61. The van der Waals surface area contributed by atoms with Gasteiger partial charge in [0.1, 0.15) is 12.1 Å². The largest absolute Gasteiger partial charge is 0.444 e. The summed E-state index contributed by atoms with van der Waals surface area (Å²) in [5.41, 5.74) is 9.38. The van der Waals surface area contributed by atoms with Crippen LogP contribution in [0.25, 0.3) is 0 Å². The van der Waals surface area contributed by atoms with Gasteiger partial charge in [0, 0.05) is 36.2 Å². The molecule has 0 radical (unpaired) electrons. The highest BCUT2D eigenvalue weighted by Gasteiger charge is 2.51. The number of hydrogen-bond donors (Lipinski definition) is 4. The van der Waals surface area contributed by atoms with Gasteiger partial charge in [0.25, 0.3) is 0 Å². The van der Waals surface area contributed by atoms with Crippen LogP contribution in [0.5, 0.6) is 0 Å². The van der Waals surface area contributed by atoms with Crippen LogP contribution in [0.4, 0.5) is 4.79 Å².